The Morgan fingerprint density at radius 1 is 1.46 bits per heavy atom. The second kappa shape index (κ2) is 8.96. The molecule has 2 aromatic rings. The maximum absolute atomic E-state index is 12.4. The number of fused-ring (bicyclic) bond motifs is 1. The number of hydrogen-bond donors (Lipinski definition) is 2. The Kier molecular flexibility index (Phi) is 6.66. The lowest BCUT2D eigenvalue weighted by molar-refractivity contribution is 0.0526. The number of anilines is 1. The number of thiophene rings is 1. The molecule has 0 aromatic carbocycles. The second-order valence-corrected chi connectivity index (χ2v) is 8.37. The third-order valence-corrected chi connectivity index (χ3v) is 5.97. The molecule has 0 amide bonds. The van der Waals surface area contributed by atoms with E-state index >= 15 is 0 Å². The first kappa shape index (κ1) is 19.3. The SMILES string of the molecule is CCOC(=O)c1c(NC(=S)NCCn2cc(Br)cn2)sc2c1CCCC2. The number of ether oxygens (including phenoxy) is 1. The van der Waals surface area contributed by atoms with E-state index in [1.165, 1.54) is 4.88 Å². The molecule has 1 aliphatic rings. The van der Waals surface area contributed by atoms with Crippen molar-refractivity contribution in [3.63, 3.8) is 0 Å². The first-order valence-corrected chi connectivity index (χ1v) is 10.6. The van der Waals surface area contributed by atoms with E-state index in [4.69, 9.17) is 17.0 Å². The van der Waals surface area contributed by atoms with Crippen LogP contribution in [0.5, 0.6) is 0 Å². The van der Waals surface area contributed by atoms with Crippen LogP contribution in [-0.4, -0.2) is 34.0 Å². The summed E-state index contributed by atoms with van der Waals surface area (Å²) in [5, 5.41) is 11.9. The zero-order chi connectivity index (χ0) is 18.5. The molecule has 26 heavy (non-hydrogen) atoms. The predicted molar refractivity (Wildman–Crippen MR) is 111 cm³/mol. The van der Waals surface area contributed by atoms with Crippen LogP contribution < -0.4 is 10.6 Å². The minimum absolute atomic E-state index is 0.265. The van der Waals surface area contributed by atoms with Crippen molar-refractivity contribution >= 4 is 55.6 Å². The van der Waals surface area contributed by atoms with Gasteiger partial charge in [0.1, 0.15) is 5.00 Å². The molecule has 0 radical (unpaired) electrons. The summed E-state index contributed by atoms with van der Waals surface area (Å²) in [6.45, 7) is 3.52. The van der Waals surface area contributed by atoms with E-state index in [9.17, 15) is 4.79 Å². The summed E-state index contributed by atoms with van der Waals surface area (Å²) in [4.78, 5) is 13.7. The van der Waals surface area contributed by atoms with Gasteiger partial charge in [-0.15, -0.1) is 11.3 Å². The summed E-state index contributed by atoms with van der Waals surface area (Å²) >= 11 is 10.4. The van der Waals surface area contributed by atoms with Crippen LogP contribution in [0.25, 0.3) is 0 Å². The van der Waals surface area contributed by atoms with Crippen molar-refractivity contribution in [1.82, 2.24) is 15.1 Å². The van der Waals surface area contributed by atoms with Gasteiger partial charge in [0.2, 0.25) is 0 Å². The third-order valence-electron chi connectivity index (χ3n) is 4.11. The number of nitrogens with zero attached hydrogens (tertiary/aromatic N) is 2. The number of thiocarbonyl (C=S) groups is 1. The topological polar surface area (TPSA) is 68.2 Å². The zero-order valence-corrected chi connectivity index (χ0v) is 17.7. The van der Waals surface area contributed by atoms with Crippen LogP contribution in [-0.2, 0) is 24.1 Å². The molecule has 9 heteroatoms. The molecule has 1 aliphatic carbocycles. The first-order valence-electron chi connectivity index (χ1n) is 8.63. The fourth-order valence-corrected chi connectivity index (χ4v) is 4.84. The average molecular weight is 457 g/mol. The largest absolute Gasteiger partial charge is 0.462 e. The Hall–Kier alpha value is -1.45. The fourth-order valence-electron chi connectivity index (χ4n) is 2.97. The highest BCUT2D eigenvalue weighted by atomic mass is 79.9. The van der Waals surface area contributed by atoms with Crippen molar-refractivity contribution < 1.29 is 9.53 Å². The molecule has 6 nitrogen and oxygen atoms in total. The number of hydrogen-bond acceptors (Lipinski definition) is 5. The van der Waals surface area contributed by atoms with E-state index in [1.807, 2.05) is 17.8 Å². The molecule has 2 heterocycles. The summed E-state index contributed by atoms with van der Waals surface area (Å²) in [7, 11) is 0. The van der Waals surface area contributed by atoms with Gasteiger partial charge in [0.25, 0.3) is 0 Å². The van der Waals surface area contributed by atoms with Crippen LogP contribution in [0, 0.1) is 0 Å². The van der Waals surface area contributed by atoms with Gasteiger partial charge in [0.15, 0.2) is 5.11 Å². The van der Waals surface area contributed by atoms with Gasteiger partial charge < -0.3 is 15.4 Å². The van der Waals surface area contributed by atoms with Crippen molar-refractivity contribution in [2.45, 2.75) is 39.2 Å². The predicted octanol–water partition coefficient (Wildman–Crippen LogP) is 3.75. The monoisotopic (exact) mass is 456 g/mol. The van der Waals surface area contributed by atoms with Crippen LogP contribution in [0.15, 0.2) is 16.9 Å². The zero-order valence-electron chi connectivity index (χ0n) is 14.5. The summed E-state index contributed by atoms with van der Waals surface area (Å²) in [6, 6.07) is 0. The summed E-state index contributed by atoms with van der Waals surface area (Å²) in [6.07, 6.45) is 7.87. The van der Waals surface area contributed by atoms with Crippen LogP contribution in [0.1, 0.15) is 40.6 Å². The van der Waals surface area contributed by atoms with Gasteiger partial charge in [-0.1, -0.05) is 0 Å². The van der Waals surface area contributed by atoms with E-state index in [1.54, 1.807) is 17.5 Å². The molecule has 0 bridgehead atoms. The lowest BCUT2D eigenvalue weighted by Gasteiger charge is -2.13. The molecule has 2 aromatic heterocycles. The van der Waals surface area contributed by atoms with Crippen LogP contribution in [0.3, 0.4) is 0 Å². The third kappa shape index (κ3) is 4.63. The molecule has 140 valence electrons. The van der Waals surface area contributed by atoms with Gasteiger partial charge in [-0.05, 0) is 66.3 Å². The van der Waals surface area contributed by atoms with Gasteiger partial charge in [-0.2, -0.15) is 5.10 Å². The second-order valence-electron chi connectivity index (χ2n) is 5.94. The molecule has 2 N–H and O–H groups in total. The lowest BCUT2D eigenvalue weighted by Crippen LogP contribution is -2.31. The van der Waals surface area contributed by atoms with Crippen molar-refractivity contribution in [3.05, 3.63) is 32.9 Å². The molecule has 3 rings (SSSR count). The summed E-state index contributed by atoms with van der Waals surface area (Å²) < 4.78 is 8.04. The van der Waals surface area contributed by atoms with Crippen LogP contribution >= 0.6 is 39.5 Å². The van der Waals surface area contributed by atoms with Crippen molar-refractivity contribution in [2.75, 3.05) is 18.5 Å². The summed E-state index contributed by atoms with van der Waals surface area (Å²) in [5.74, 6) is -0.265. The van der Waals surface area contributed by atoms with Crippen molar-refractivity contribution in [1.29, 1.82) is 0 Å². The highest BCUT2D eigenvalue weighted by Crippen LogP contribution is 2.38. The molecule has 0 spiro atoms. The molecule has 0 saturated carbocycles. The Labute approximate surface area is 170 Å². The molecule has 0 aliphatic heterocycles. The number of nitrogens with one attached hydrogen (secondary N) is 2. The van der Waals surface area contributed by atoms with Crippen LogP contribution in [0.4, 0.5) is 5.00 Å². The fraction of sp³-hybridized carbons (Fsp3) is 0.471. The molecule has 0 saturated heterocycles. The van der Waals surface area contributed by atoms with Crippen molar-refractivity contribution in [3.8, 4) is 0 Å². The quantitative estimate of drug-likeness (QED) is 0.509. The maximum atomic E-state index is 12.4. The first-order chi connectivity index (χ1) is 12.6. The number of esters is 1. The summed E-state index contributed by atoms with van der Waals surface area (Å²) in [5.41, 5.74) is 1.79. The molecule has 0 unspecified atom stereocenters. The van der Waals surface area contributed by atoms with Crippen LogP contribution in [0.2, 0.25) is 0 Å². The van der Waals surface area contributed by atoms with Gasteiger partial charge in [-0.3, -0.25) is 4.68 Å². The number of halogens is 1. The highest BCUT2D eigenvalue weighted by molar-refractivity contribution is 9.10. The standard InChI is InChI=1S/C17H21BrN4O2S2/c1-2-24-16(23)14-12-5-3-4-6-13(12)26-15(14)21-17(25)19-7-8-22-10-11(18)9-20-22/h9-10H,2-8H2,1H3,(H2,19,21,25). The minimum Gasteiger partial charge on any atom is -0.462 e. The Balaban J connectivity index is 1.65. The molecule has 0 atom stereocenters. The van der Waals surface area contributed by atoms with E-state index in [-0.39, 0.29) is 5.97 Å². The highest BCUT2D eigenvalue weighted by Gasteiger charge is 2.26. The minimum atomic E-state index is -0.265. The number of aryl methyl sites for hydroxylation is 1. The Morgan fingerprint density at radius 3 is 3.00 bits per heavy atom. The normalized spacial score (nSPS) is 13.2. The van der Waals surface area contributed by atoms with E-state index in [0.29, 0.717) is 30.4 Å². The van der Waals surface area contributed by atoms with Gasteiger partial charge in [-0.25, -0.2) is 4.79 Å². The van der Waals surface area contributed by atoms with E-state index in [2.05, 4.69) is 31.7 Å². The van der Waals surface area contributed by atoms with Crippen molar-refractivity contribution in [2.24, 2.45) is 0 Å². The smallest absolute Gasteiger partial charge is 0.341 e. The Morgan fingerprint density at radius 2 is 2.27 bits per heavy atom. The number of carbonyl (C=O) groups is 1. The van der Waals surface area contributed by atoms with Gasteiger partial charge in [0, 0.05) is 17.6 Å². The lowest BCUT2D eigenvalue weighted by atomic mass is 9.95. The van der Waals surface area contributed by atoms with E-state index in [0.717, 1.165) is 40.7 Å². The molecular formula is C17H21BrN4O2S2. The number of carbonyl (C=O) groups excluding carboxylic acids is 1. The molecular weight excluding hydrogens is 436 g/mol. The maximum Gasteiger partial charge on any atom is 0.341 e. The van der Waals surface area contributed by atoms with E-state index < -0.39 is 0 Å². The number of aromatic nitrogens is 2. The Bertz CT molecular complexity index is 803. The average Bonchev–Trinajstić information content (AvgIpc) is 3.18. The molecule has 0 fully saturated rings. The van der Waals surface area contributed by atoms with Gasteiger partial charge >= 0.3 is 5.97 Å². The van der Waals surface area contributed by atoms with Gasteiger partial charge in [0.05, 0.1) is 29.4 Å². The number of rotatable bonds is 6.